The van der Waals surface area contributed by atoms with E-state index in [-0.39, 0.29) is 40.5 Å². The Morgan fingerprint density at radius 2 is 1.55 bits per heavy atom. The lowest BCUT2D eigenvalue weighted by molar-refractivity contribution is -0.140. The molecule has 0 aromatic heterocycles. The minimum Gasteiger partial charge on any atom is -0.497 e. The first kappa shape index (κ1) is 36.2. The second kappa shape index (κ2) is 16.5. The van der Waals surface area contributed by atoms with Crippen LogP contribution in [0.4, 0.5) is 10.1 Å². The molecule has 1 aliphatic carbocycles. The van der Waals surface area contributed by atoms with Crippen LogP contribution in [-0.4, -0.2) is 50.9 Å². The average Bonchev–Trinajstić information content (AvgIpc) is 3.11. The second-order valence-electron chi connectivity index (χ2n) is 12.0. The smallest absolute Gasteiger partial charge is 0.264 e. The predicted molar refractivity (Wildman–Crippen MR) is 190 cm³/mol. The Balaban J connectivity index is 1.57. The Hall–Kier alpha value is -4.12. The molecule has 1 aliphatic rings. The minimum absolute atomic E-state index is 0.0346. The molecule has 8 nitrogen and oxygen atoms in total. The average molecular weight is 727 g/mol. The van der Waals surface area contributed by atoms with Crippen molar-refractivity contribution in [1.82, 2.24) is 10.2 Å². The zero-order chi connectivity index (χ0) is 35.0. The fourth-order valence-corrected chi connectivity index (χ4v) is 7.68. The number of amides is 2. The van der Waals surface area contributed by atoms with Crippen LogP contribution in [0.25, 0.3) is 0 Å². The van der Waals surface area contributed by atoms with Gasteiger partial charge in [0.2, 0.25) is 11.8 Å². The van der Waals surface area contributed by atoms with Crippen LogP contribution in [0.2, 0.25) is 10.0 Å². The molecule has 49 heavy (non-hydrogen) atoms. The largest absolute Gasteiger partial charge is 0.497 e. The van der Waals surface area contributed by atoms with E-state index >= 15 is 0 Å². The summed E-state index contributed by atoms with van der Waals surface area (Å²) in [7, 11) is -2.90. The van der Waals surface area contributed by atoms with Gasteiger partial charge >= 0.3 is 0 Å². The van der Waals surface area contributed by atoms with Crippen LogP contribution in [-0.2, 0) is 32.6 Å². The Morgan fingerprint density at radius 1 is 0.878 bits per heavy atom. The summed E-state index contributed by atoms with van der Waals surface area (Å²) < 4.78 is 48.5. The van der Waals surface area contributed by atoms with Crippen LogP contribution in [0.3, 0.4) is 0 Å². The van der Waals surface area contributed by atoms with E-state index < -0.39 is 34.3 Å². The van der Waals surface area contributed by atoms with E-state index in [1.54, 1.807) is 18.2 Å². The summed E-state index contributed by atoms with van der Waals surface area (Å²) in [6.07, 6.45) is 4.94. The van der Waals surface area contributed by atoms with E-state index in [2.05, 4.69) is 5.32 Å². The van der Waals surface area contributed by atoms with Crippen molar-refractivity contribution in [1.29, 1.82) is 0 Å². The van der Waals surface area contributed by atoms with Gasteiger partial charge in [-0.2, -0.15) is 0 Å². The molecule has 0 bridgehead atoms. The van der Waals surface area contributed by atoms with E-state index in [1.165, 1.54) is 48.4 Å². The highest BCUT2D eigenvalue weighted by Gasteiger charge is 2.35. The number of benzene rings is 4. The maximum atomic E-state index is 14.6. The Morgan fingerprint density at radius 3 is 2.18 bits per heavy atom. The number of methoxy groups -OCH3 is 1. The molecule has 1 fully saturated rings. The number of rotatable bonds is 13. The molecule has 0 spiro atoms. The number of nitrogens with one attached hydrogen (secondary N) is 1. The van der Waals surface area contributed by atoms with Crippen molar-refractivity contribution >= 4 is 50.7 Å². The SMILES string of the molecule is COc1ccc(S(=O)(=O)N(CC(=O)N(Cc2ccc(Cl)c(Cl)c2)C(Cc2ccccc2)C(=O)NC2CCCCC2)c2ccc(F)cc2)cc1. The molecule has 1 saturated carbocycles. The second-order valence-corrected chi connectivity index (χ2v) is 14.7. The number of sulfonamides is 1. The van der Waals surface area contributed by atoms with Gasteiger partial charge in [0.15, 0.2) is 0 Å². The van der Waals surface area contributed by atoms with Crippen molar-refractivity contribution in [2.45, 2.75) is 62.0 Å². The fourth-order valence-electron chi connectivity index (χ4n) is 5.94. The number of hydrogen-bond donors (Lipinski definition) is 1. The van der Waals surface area contributed by atoms with Crippen molar-refractivity contribution < 1.29 is 27.1 Å². The molecule has 5 rings (SSSR count). The van der Waals surface area contributed by atoms with Gasteiger partial charge in [-0.05, 0) is 84.6 Å². The summed E-state index contributed by atoms with van der Waals surface area (Å²) in [5, 5.41) is 3.77. The van der Waals surface area contributed by atoms with Gasteiger partial charge in [0.25, 0.3) is 10.0 Å². The molecule has 0 saturated heterocycles. The maximum absolute atomic E-state index is 14.6. The number of carbonyl (C=O) groups is 2. The van der Waals surface area contributed by atoms with Crippen molar-refractivity contribution in [2.75, 3.05) is 18.0 Å². The van der Waals surface area contributed by atoms with Crippen LogP contribution in [0, 0.1) is 5.82 Å². The van der Waals surface area contributed by atoms with Gasteiger partial charge in [0, 0.05) is 19.0 Å². The molecule has 4 aromatic carbocycles. The van der Waals surface area contributed by atoms with Crippen molar-refractivity contribution in [2.24, 2.45) is 0 Å². The van der Waals surface area contributed by atoms with Gasteiger partial charge < -0.3 is 15.0 Å². The number of carbonyl (C=O) groups excluding carboxylic acids is 2. The topological polar surface area (TPSA) is 96.0 Å². The molecule has 0 radical (unpaired) electrons. The van der Waals surface area contributed by atoms with Gasteiger partial charge in [-0.25, -0.2) is 12.8 Å². The molecule has 2 amide bonds. The van der Waals surface area contributed by atoms with Crippen LogP contribution < -0.4 is 14.4 Å². The highest BCUT2D eigenvalue weighted by Crippen LogP contribution is 2.28. The number of hydrogen-bond acceptors (Lipinski definition) is 5. The minimum atomic E-state index is -4.36. The first-order chi connectivity index (χ1) is 23.5. The molecular formula is C37H38Cl2FN3O5S. The quantitative estimate of drug-likeness (QED) is 0.155. The van der Waals surface area contributed by atoms with E-state index in [0.29, 0.717) is 16.3 Å². The standard InChI is InChI=1S/C37H38Cl2FN3O5S/c1-48-31-17-19-32(20-18-31)49(46,47)43(30-15-13-28(40)14-16-30)25-36(44)42(24-27-12-21-33(38)34(39)22-27)35(23-26-8-4-2-5-9-26)37(45)41-29-10-6-3-7-11-29/h2,4-5,8-9,12-22,29,35H,3,6-7,10-11,23-25H2,1H3,(H,41,45). The van der Waals surface area contributed by atoms with Crippen LogP contribution in [0.5, 0.6) is 5.75 Å². The molecular weight excluding hydrogens is 688 g/mol. The molecule has 12 heteroatoms. The first-order valence-corrected chi connectivity index (χ1v) is 18.2. The maximum Gasteiger partial charge on any atom is 0.264 e. The Kier molecular flexibility index (Phi) is 12.2. The van der Waals surface area contributed by atoms with E-state index in [0.717, 1.165) is 54.1 Å². The Bertz CT molecular complexity index is 1840. The zero-order valence-corrected chi connectivity index (χ0v) is 29.4. The molecule has 1 unspecified atom stereocenters. The third kappa shape index (κ3) is 9.32. The van der Waals surface area contributed by atoms with Crippen molar-refractivity contribution in [3.63, 3.8) is 0 Å². The Labute approximate surface area is 296 Å². The zero-order valence-electron chi connectivity index (χ0n) is 27.0. The molecule has 4 aromatic rings. The molecule has 1 N–H and O–H groups in total. The van der Waals surface area contributed by atoms with E-state index in [4.69, 9.17) is 27.9 Å². The molecule has 0 heterocycles. The lowest BCUT2D eigenvalue weighted by Crippen LogP contribution is -2.55. The van der Waals surface area contributed by atoms with E-state index in [1.807, 2.05) is 30.3 Å². The van der Waals surface area contributed by atoms with Crippen molar-refractivity contribution in [3.05, 3.63) is 124 Å². The van der Waals surface area contributed by atoms with E-state index in [9.17, 15) is 22.4 Å². The number of ether oxygens (including phenoxy) is 1. The fraction of sp³-hybridized carbons (Fsp3) is 0.297. The summed E-state index contributed by atoms with van der Waals surface area (Å²) >= 11 is 12.6. The lowest BCUT2D eigenvalue weighted by atomic mass is 9.94. The van der Waals surface area contributed by atoms with Gasteiger partial charge in [0.05, 0.1) is 27.7 Å². The van der Waals surface area contributed by atoms with Gasteiger partial charge in [0.1, 0.15) is 24.2 Å². The predicted octanol–water partition coefficient (Wildman–Crippen LogP) is 7.43. The summed E-state index contributed by atoms with van der Waals surface area (Å²) in [6, 6.07) is 23.8. The van der Waals surface area contributed by atoms with Crippen LogP contribution in [0.15, 0.2) is 102 Å². The number of halogens is 3. The molecule has 1 atom stereocenters. The van der Waals surface area contributed by atoms with Crippen LogP contribution in [0.1, 0.15) is 43.2 Å². The summed E-state index contributed by atoms with van der Waals surface area (Å²) in [4.78, 5) is 30.1. The number of nitrogens with zero attached hydrogens (tertiary/aromatic N) is 2. The molecule has 0 aliphatic heterocycles. The van der Waals surface area contributed by atoms with Crippen molar-refractivity contribution in [3.8, 4) is 5.75 Å². The van der Waals surface area contributed by atoms with Crippen LogP contribution >= 0.6 is 23.2 Å². The summed E-state index contributed by atoms with van der Waals surface area (Å²) in [5.74, 6) is -1.10. The molecule has 258 valence electrons. The lowest BCUT2D eigenvalue weighted by Gasteiger charge is -2.35. The normalized spacial score (nSPS) is 14.1. The number of anilines is 1. The summed E-state index contributed by atoms with van der Waals surface area (Å²) in [5.41, 5.74) is 1.49. The van der Waals surface area contributed by atoms with Gasteiger partial charge in [-0.3, -0.25) is 13.9 Å². The first-order valence-electron chi connectivity index (χ1n) is 16.0. The third-order valence-electron chi connectivity index (χ3n) is 8.60. The highest BCUT2D eigenvalue weighted by atomic mass is 35.5. The van der Waals surface area contributed by atoms with Gasteiger partial charge in [-0.15, -0.1) is 0 Å². The van der Waals surface area contributed by atoms with Gasteiger partial charge in [-0.1, -0.05) is 78.9 Å². The monoisotopic (exact) mass is 725 g/mol. The third-order valence-corrected chi connectivity index (χ3v) is 11.1. The summed E-state index contributed by atoms with van der Waals surface area (Å²) in [6.45, 7) is -0.742. The highest BCUT2D eigenvalue weighted by molar-refractivity contribution is 7.92.